The fourth-order valence-corrected chi connectivity index (χ4v) is 2.84. The van der Waals surface area contributed by atoms with Crippen molar-refractivity contribution in [3.8, 4) is 0 Å². The number of hydrogen-bond donors (Lipinski definition) is 4. The highest BCUT2D eigenvalue weighted by atomic mass is 19.3. The highest BCUT2D eigenvalue weighted by Crippen LogP contribution is 2.48. The molecule has 98 valence electrons. The third-order valence-electron chi connectivity index (χ3n) is 3.85. The van der Waals surface area contributed by atoms with Gasteiger partial charge in [-0.15, -0.1) is 0 Å². The van der Waals surface area contributed by atoms with Crippen LogP contribution in [0.1, 0.15) is 19.3 Å². The van der Waals surface area contributed by atoms with Gasteiger partial charge in [0.05, 0.1) is 11.6 Å². The summed E-state index contributed by atoms with van der Waals surface area (Å²) in [6.45, 7) is -1.57. The molecule has 0 radical (unpaired) electrons. The highest BCUT2D eigenvalue weighted by molar-refractivity contribution is 5.84. The Morgan fingerprint density at radius 2 is 2.12 bits per heavy atom. The van der Waals surface area contributed by atoms with E-state index in [2.05, 4.69) is 5.32 Å². The first-order valence-corrected chi connectivity index (χ1v) is 5.50. The fourth-order valence-electron chi connectivity index (χ4n) is 2.84. The maximum Gasteiger partial charge on any atom is 0.346 e. The van der Waals surface area contributed by atoms with Crippen LogP contribution in [0.25, 0.3) is 0 Å². The molecule has 0 heterocycles. The summed E-state index contributed by atoms with van der Waals surface area (Å²) in [6, 6.07) is 0. The van der Waals surface area contributed by atoms with E-state index in [1.54, 1.807) is 0 Å². The second-order valence-electron chi connectivity index (χ2n) is 4.91. The SMILES string of the molecule is O=C(NC12CCC(C1)[C@H](O)[C@@H]2O)C(F)(F)CO. The van der Waals surface area contributed by atoms with E-state index in [-0.39, 0.29) is 5.92 Å². The Morgan fingerprint density at radius 3 is 2.59 bits per heavy atom. The van der Waals surface area contributed by atoms with Crippen molar-refractivity contribution in [2.45, 2.75) is 42.9 Å². The standard InChI is InChI=1S/C10H15F2NO4/c11-10(12,4-14)8(17)13-9-2-1-5(3-9)6(15)7(9)16/h5-7,14-16H,1-4H2,(H,13,17)/t5?,6-,7-,9?/m0/s1. The van der Waals surface area contributed by atoms with Crippen molar-refractivity contribution >= 4 is 5.91 Å². The van der Waals surface area contributed by atoms with Gasteiger partial charge in [0, 0.05) is 0 Å². The molecule has 0 spiro atoms. The lowest BCUT2D eigenvalue weighted by molar-refractivity contribution is -0.155. The highest BCUT2D eigenvalue weighted by Gasteiger charge is 2.59. The van der Waals surface area contributed by atoms with E-state index < -0.39 is 36.2 Å². The lowest BCUT2D eigenvalue weighted by atomic mass is 9.88. The van der Waals surface area contributed by atoms with Gasteiger partial charge in [-0.2, -0.15) is 8.78 Å². The number of aliphatic hydroxyl groups is 3. The van der Waals surface area contributed by atoms with Crippen molar-refractivity contribution in [1.29, 1.82) is 0 Å². The smallest absolute Gasteiger partial charge is 0.346 e. The van der Waals surface area contributed by atoms with Crippen molar-refractivity contribution in [2.75, 3.05) is 6.61 Å². The Morgan fingerprint density at radius 1 is 1.47 bits per heavy atom. The minimum Gasteiger partial charge on any atom is -0.390 e. The summed E-state index contributed by atoms with van der Waals surface area (Å²) in [6.07, 6.45) is -0.957. The predicted molar refractivity (Wildman–Crippen MR) is 52.3 cm³/mol. The number of hydrogen-bond acceptors (Lipinski definition) is 4. The second kappa shape index (κ2) is 3.86. The molecule has 17 heavy (non-hydrogen) atoms. The van der Waals surface area contributed by atoms with Crippen LogP contribution in [0.2, 0.25) is 0 Å². The Kier molecular flexibility index (Phi) is 2.87. The van der Waals surface area contributed by atoms with Crippen molar-refractivity contribution in [1.82, 2.24) is 5.32 Å². The zero-order chi connectivity index (χ0) is 12.8. The van der Waals surface area contributed by atoms with Crippen molar-refractivity contribution in [3.63, 3.8) is 0 Å². The minimum absolute atomic E-state index is 0.159. The number of carbonyl (C=O) groups is 1. The van der Waals surface area contributed by atoms with Gasteiger partial charge in [-0.25, -0.2) is 0 Å². The molecule has 0 aromatic rings. The molecular weight excluding hydrogens is 236 g/mol. The van der Waals surface area contributed by atoms with E-state index in [4.69, 9.17) is 5.11 Å². The van der Waals surface area contributed by atoms with E-state index in [0.717, 1.165) is 0 Å². The van der Waals surface area contributed by atoms with Crippen LogP contribution in [0.3, 0.4) is 0 Å². The molecule has 2 aliphatic carbocycles. The Hall–Kier alpha value is -0.790. The van der Waals surface area contributed by atoms with Gasteiger partial charge in [0.15, 0.2) is 0 Å². The van der Waals surface area contributed by atoms with Gasteiger partial charge in [-0.05, 0) is 25.2 Å². The number of aliphatic hydroxyl groups excluding tert-OH is 3. The number of halogens is 2. The number of amides is 1. The Balaban J connectivity index is 2.11. The number of nitrogens with one attached hydrogen (secondary N) is 1. The number of fused-ring (bicyclic) bond motifs is 2. The number of carbonyl (C=O) groups excluding carboxylic acids is 1. The number of alkyl halides is 2. The monoisotopic (exact) mass is 251 g/mol. The van der Waals surface area contributed by atoms with E-state index in [9.17, 15) is 23.8 Å². The summed E-state index contributed by atoms with van der Waals surface area (Å²) in [5.41, 5.74) is -1.17. The molecule has 2 bridgehead atoms. The molecule has 2 unspecified atom stereocenters. The van der Waals surface area contributed by atoms with Crippen LogP contribution in [0, 0.1) is 5.92 Å². The summed E-state index contributed by atoms with van der Waals surface area (Å²) in [5.74, 6) is -5.62. The molecule has 2 aliphatic rings. The summed E-state index contributed by atoms with van der Waals surface area (Å²) in [4.78, 5) is 11.3. The molecule has 4 atom stereocenters. The average molecular weight is 251 g/mol. The molecule has 5 nitrogen and oxygen atoms in total. The zero-order valence-corrected chi connectivity index (χ0v) is 9.07. The van der Waals surface area contributed by atoms with Gasteiger partial charge >= 0.3 is 5.92 Å². The Labute approximate surface area is 96.4 Å². The second-order valence-corrected chi connectivity index (χ2v) is 4.91. The molecule has 0 aromatic heterocycles. The molecule has 7 heteroatoms. The third-order valence-corrected chi connectivity index (χ3v) is 3.85. The van der Waals surface area contributed by atoms with Gasteiger partial charge in [0.2, 0.25) is 0 Å². The van der Waals surface area contributed by atoms with Crippen LogP contribution in [-0.4, -0.2) is 51.5 Å². The molecule has 1 amide bonds. The van der Waals surface area contributed by atoms with Crippen LogP contribution in [-0.2, 0) is 4.79 Å². The summed E-state index contributed by atoms with van der Waals surface area (Å²) < 4.78 is 25.9. The molecule has 2 fully saturated rings. The van der Waals surface area contributed by atoms with Crippen LogP contribution >= 0.6 is 0 Å². The van der Waals surface area contributed by atoms with Gasteiger partial charge < -0.3 is 20.6 Å². The molecule has 0 aliphatic heterocycles. The molecule has 0 saturated heterocycles. The quantitative estimate of drug-likeness (QED) is 0.518. The van der Waals surface area contributed by atoms with Crippen LogP contribution in [0.5, 0.6) is 0 Å². The van der Waals surface area contributed by atoms with E-state index >= 15 is 0 Å². The maximum absolute atomic E-state index is 12.9. The molecule has 2 rings (SSSR count). The largest absolute Gasteiger partial charge is 0.390 e. The predicted octanol–water partition coefficient (Wildman–Crippen LogP) is -0.996. The molecular formula is C10H15F2NO4. The topological polar surface area (TPSA) is 89.8 Å². The van der Waals surface area contributed by atoms with Crippen molar-refractivity contribution < 1.29 is 28.9 Å². The van der Waals surface area contributed by atoms with E-state index in [0.29, 0.717) is 19.3 Å². The average Bonchev–Trinajstić information content (AvgIpc) is 2.79. The van der Waals surface area contributed by atoms with Crippen LogP contribution in [0.15, 0.2) is 0 Å². The summed E-state index contributed by atoms with van der Waals surface area (Å²) in [7, 11) is 0. The van der Waals surface area contributed by atoms with E-state index in [1.165, 1.54) is 0 Å². The molecule has 2 saturated carbocycles. The molecule has 0 aromatic carbocycles. The minimum atomic E-state index is -3.86. The van der Waals surface area contributed by atoms with Gasteiger partial charge in [-0.3, -0.25) is 4.79 Å². The first-order valence-electron chi connectivity index (χ1n) is 5.50. The zero-order valence-electron chi connectivity index (χ0n) is 9.07. The lowest BCUT2D eigenvalue weighted by Gasteiger charge is -2.35. The van der Waals surface area contributed by atoms with Gasteiger partial charge in [-0.1, -0.05) is 0 Å². The lowest BCUT2D eigenvalue weighted by Crippen LogP contribution is -2.60. The third kappa shape index (κ3) is 1.82. The molecule has 4 N–H and O–H groups in total. The first-order chi connectivity index (χ1) is 7.82. The van der Waals surface area contributed by atoms with Gasteiger partial charge in [0.25, 0.3) is 5.91 Å². The first kappa shape index (κ1) is 12.7. The number of rotatable bonds is 3. The van der Waals surface area contributed by atoms with Crippen LogP contribution in [0.4, 0.5) is 8.78 Å². The fraction of sp³-hybridized carbons (Fsp3) is 0.900. The van der Waals surface area contributed by atoms with Crippen molar-refractivity contribution in [2.24, 2.45) is 5.92 Å². The van der Waals surface area contributed by atoms with E-state index in [1.807, 2.05) is 0 Å². The summed E-state index contributed by atoms with van der Waals surface area (Å²) >= 11 is 0. The van der Waals surface area contributed by atoms with Gasteiger partial charge in [0.1, 0.15) is 12.7 Å². The van der Waals surface area contributed by atoms with Crippen molar-refractivity contribution in [3.05, 3.63) is 0 Å². The normalized spacial score (nSPS) is 40.6. The Bertz CT molecular complexity index is 338. The summed E-state index contributed by atoms with van der Waals surface area (Å²) in [5, 5.41) is 29.8. The van der Waals surface area contributed by atoms with Crippen LogP contribution < -0.4 is 5.32 Å². The maximum atomic E-state index is 12.9.